The molecule has 2 saturated carbocycles. The van der Waals surface area contributed by atoms with E-state index in [-0.39, 0.29) is 47.2 Å². The first-order chi connectivity index (χ1) is 22.7. The molecule has 0 aliphatic heterocycles. The third kappa shape index (κ3) is 7.39. The van der Waals surface area contributed by atoms with Crippen LogP contribution in [0.1, 0.15) is 92.5 Å². The van der Waals surface area contributed by atoms with Crippen molar-refractivity contribution in [2.45, 2.75) is 73.1 Å². The quantitative estimate of drug-likeness (QED) is 0.0880. The minimum absolute atomic E-state index is 0.0312. The molecular weight excluding hydrogens is 618 g/mol. The third-order valence-corrected chi connectivity index (χ3v) is 10.3. The van der Waals surface area contributed by atoms with Crippen LogP contribution < -0.4 is 38.1 Å². The number of carbonyl (C=O) groups excluding carboxylic acids is 4. The SMILES string of the molecule is CCC1C(C)CC1CCOC(=O)c1c(N)c(C)cc(N)c1OC(=O)C(=O)Oc1c(N)cc(N)c(N)c1C(=O)OCCC1CC(C)C1CC. The van der Waals surface area contributed by atoms with E-state index in [2.05, 4.69) is 27.7 Å². The van der Waals surface area contributed by atoms with E-state index in [1.54, 1.807) is 6.92 Å². The van der Waals surface area contributed by atoms with Crippen LogP contribution in [-0.4, -0.2) is 37.1 Å². The van der Waals surface area contributed by atoms with E-state index < -0.39 is 40.9 Å². The highest BCUT2D eigenvalue weighted by atomic mass is 16.6. The zero-order valence-corrected chi connectivity index (χ0v) is 28.4. The largest absolute Gasteiger partial charge is 0.462 e. The summed E-state index contributed by atoms with van der Waals surface area (Å²) >= 11 is 0. The van der Waals surface area contributed by atoms with Crippen molar-refractivity contribution < 1.29 is 38.1 Å². The monoisotopic (exact) mass is 667 g/mol. The topological polar surface area (TPSA) is 235 Å². The van der Waals surface area contributed by atoms with Crippen molar-refractivity contribution in [1.82, 2.24) is 0 Å². The van der Waals surface area contributed by atoms with Crippen LogP contribution in [0, 0.1) is 42.4 Å². The Labute approximate surface area is 281 Å². The standard InChI is InChI=1S/C35H49N5O8/c1-6-21-16(3)12-19(21)8-10-45-32(41)26-28(39)18(5)14-24(37)30(26)47-34(43)35(44)48-31-25(38)15-23(36)29(40)27(31)33(42)46-11-9-20-13-17(4)22(20)7-2/h14-17,19-22H,6-13,36-40H2,1-5H3. The van der Waals surface area contributed by atoms with Crippen molar-refractivity contribution in [3.63, 3.8) is 0 Å². The van der Waals surface area contributed by atoms with Crippen LogP contribution in [0.25, 0.3) is 0 Å². The molecule has 6 unspecified atom stereocenters. The number of esters is 4. The van der Waals surface area contributed by atoms with Crippen LogP contribution in [0.3, 0.4) is 0 Å². The number of benzene rings is 2. The van der Waals surface area contributed by atoms with Crippen LogP contribution in [0.4, 0.5) is 28.4 Å². The molecule has 0 aromatic heterocycles. The highest BCUT2D eigenvalue weighted by Crippen LogP contribution is 2.45. The van der Waals surface area contributed by atoms with Crippen LogP contribution >= 0.6 is 0 Å². The third-order valence-electron chi connectivity index (χ3n) is 10.3. The van der Waals surface area contributed by atoms with Gasteiger partial charge in [0, 0.05) is 0 Å². The lowest BCUT2D eigenvalue weighted by atomic mass is 9.63. The highest BCUT2D eigenvalue weighted by molar-refractivity contribution is 6.31. The maximum atomic E-state index is 13.2. The summed E-state index contributed by atoms with van der Waals surface area (Å²) in [5, 5.41) is 0. The smallest absolute Gasteiger partial charge is 0.423 e. The summed E-state index contributed by atoms with van der Waals surface area (Å²) < 4.78 is 21.5. The van der Waals surface area contributed by atoms with Crippen molar-refractivity contribution in [3.8, 4) is 11.5 Å². The average Bonchev–Trinajstić information content (AvgIpc) is 3.01. The summed E-state index contributed by atoms with van der Waals surface area (Å²) in [6.07, 6.45) is 5.52. The molecule has 48 heavy (non-hydrogen) atoms. The van der Waals surface area contributed by atoms with Crippen LogP contribution in [-0.2, 0) is 19.1 Å². The summed E-state index contributed by atoms with van der Waals surface area (Å²) in [6, 6.07) is 2.57. The van der Waals surface area contributed by atoms with E-state index in [9.17, 15) is 19.2 Å². The number of anilines is 5. The fraction of sp³-hybridized carbons (Fsp3) is 0.543. The fourth-order valence-corrected chi connectivity index (χ4v) is 7.53. The number of carbonyl (C=O) groups is 4. The Bertz CT molecular complexity index is 1460. The van der Waals surface area contributed by atoms with E-state index in [1.165, 1.54) is 12.1 Å². The normalized spacial score (nSPS) is 22.9. The Morgan fingerprint density at radius 3 is 1.50 bits per heavy atom. The van der Waals surface area contributed by atoms with E-state index >= 15 is 0 Å². The molecule has 262 valence electrons. The first-order valence-corrected chi connectivity index (χ1v) is 16.6. The molecule has 0 heterocycles. The second-order valence-corrected chi connectivity index (χ2v) is 13.3. The molecule has 2 aliphatic carbocycles. The summed E-state index contributed by atoms with van der Waals surface area (Å²) in [5.74, 6) is -2.68. The summed E-state index contributed by atoms with van der Waals surface area (Å²) in [6.45, 7) is 10.5. The summed E-state index contributed by atoms with van der Waals surface area (Å²) in [7, 11) is 0. The number of ether oxygens (including phenoxy) is 4. The van der Waals surface area contributed by atoms with Crippen molar-refractivity contribution in [1.29, 1.82) is 0 Å². The number of hydrogen-bond acceptors (Lipinski definition) is 13. The molecule has 4 rings (SSSR count). The fourth-order valence-electron chi connectivity index (χ4n) is 7.53. The molecule has 2 aromatic rings. The van der Waals surface area contributed by atoms with Gasteiger partial charge in [-0.25, -0.2) is 19.2 Å². The molecule has 13 nitrogen and oxygen atoms in total. The number of rotatable bonds is 12. The lowest BCUT2D eigenvalue weighted by Gasteiger charge is -2.42. The second-order valence-electron chi connectivity index (χ2n) is 13.3. The van der Waals surface area contributed by atoms with Gasteiger partial charge in [0.1, 0.15) is 11.1 Å². The van der Waals surface area contributed by atoms with Crippen molar-refractivity contribution in [2.24, 2.45) is 35.5 Å². The van der Waals surface area contributed by atoms with Gasteiger partial charge in [-0.1, -0.05) is 40.5 Å². The Morgan fingerprint density at radius 2 is 1.08 bits per heavy atom. The zero-order valence-electron chi connectivity index (χ0n) is 28.4. The minimum atomic E-state index is -1.59. The first-order valence-electron chi connectivity index (χ1n) is 16.6. The van der Waals surface area contributed by atoms with Crippen LogP contribution in [0.2, 0.25) is 0 Å². The molecule has 2 aliphatic rings. The molecule has 2 fully saturated rings. The van der Waals surface area contributed by atoms with Crippen LogP contribution in [0.5, 0.6) is 11.5 Å². The number of nitrogens with two attached hydrogens (primary N) is 5. The summed E-state index contributed by atoms with van der Waals surface area (Å²) in [5.41, 5.74) is 29.4. The maximum absolute atomic E-state index is 13.2. The van der Waals surface area contributed by atoms with Gasteiger partial charge >= 0.3 is 23.9 Å². The Hall–Kier alpha value is -4.68. The summed E-state index contributed by atoms with van der Waals surface area (Å²) in [4.78, 5) is 52.5. The van der Waals surface area contributed by atoms with Gasteiger partial charge in [0.25, 0.3) is 0 Å². The van der Waals surface area contributed by atoms with E-state index in [1.807, 2.05) is 0 Å². The van der Waals surface area contributed by atoms with Gasteiger partial charge in [0.2, 0.25) is 0 Å². The van der Waals surface area contributed by atoms with Gasteiger partial charge in [0.05, 0.1) is 41.7 Å². The van der Waals surface area contributed by atoms with E-state index in [4.69, 9.17) is 47.6 Å². The van der Waals surface area contributed by atoms with Crippen molar-refractivity contribution >= 4 is 52.3 Å². The average molecular weight is 668 g/mol. The molecule has 2 aromatic carbocycles. The maximum Gasteiger partial charge on any atom is 0.423 e. The van der Waals surface area contributed by atoms with Gasteiger partial charge < -0.3 is 47.6 Å². The van der Waals surface area contributed by atoms with Gasteiger partial charge in [-0.05, 0) is 85.8 Å². The number of aryl methyl sites for hydroxylation is 1. The zero-order chi connectivity index (χ0) is 35.4. The number of nitrogen functional groups attached to an aromatic ring is 5. The molecule has 0 bridgehead atoms. The minimum Gasteiger partial charge on any atom is -0.462 e. The molecule has 6 atom stereocenters. The predicted octanol–water partition coefficient (Wildman–Crippen LogP) is 4.88. The van der Waals surface area contributed by atoms with Gasteiger partial charge in [-0.15, -0.1) is 0 Å². The molecule has 13 heteroatoms. The molecule has 0 saturated heterocycles. The Morgan fingerprint density at radius 1 is 0.667 bits per heavy atom. The van der Waals surface area contributed by atoms with Gasteiger partial charge in [0.15, 0.2) is 11.5 Å². The van der Waals surface area contributed by atoms with E-state index in [0.717, 1.165) is 25.7 Å². The number of hydrogen-bond donors (Lipinski definition) is 5. The molecule has 0 spiro atoms. The van der Waals surface area contributed by atoms with E-state index in [0.29, 0.717) is 53.9 Å². The molecule has 10 N–H and O–H groups in total. The van der Waals surface area contributed by atoms with Crippen LogP contribution in [0.15, 0.2) is 12.1 Å². The van der Waals surface area contributed by atoms with Crippen molar-refractivity contribution in [3.05, 3.63) is 28.8 Å². The lowest BCUT2D eigenvalue weighted by molar-refractivity contribution is -0.156. The van der Waals surface area contributed by atoms with Gasteiger partial charge in [-0.3, -0.25) is 0 Å². The molecule has 0 amide bonds. The Balaban J connectivity index is 1.47. The highest BCUT2D eigenvalue weighted by Gasteiger charge is 2.38. The Kier molecular flexibility index (Phi) is 11.3. The molecular formula is C35H49N5O8. The second kappa shape index (κ2) is 15.0. The van der Waals surface area contributed by atoms with Crippen molar-refractivity contribution in [2.75, 3.05) is 41.9 Å². The molecule has 0 radical (unpaired) electrons. The lowest BCUT2D eigenvalue weighted by Crippen LogP contribution is -2.35. The first kappa shape index (κ1) is 36.2. The predicted molar refractivity (Wildman–Crippen MR) is 183 cm³/mol. The van der Waals surface area contributed by atoms with Gasteiger partial charge in [-0.2, -0.15) is 0 Å².